The van der Waals surface area contributed by atoms with Crippen LogP contribution in [-0.2, 0) is 22.7 Å². The number of aromatic nitrogens is 3. The summed E-state index contributed by atoms with van der Waals surface area (Å²) in [6, 6.07) is 7.52. The molecule has 1 fully saturated rings. The summed E-state index contributed by atoms with van der Waals surface area (Å²) in [5.74, 6) is -0.179. The van der Waals surface area contributed by atoms with E-state index in [-0.39, 0.29) is 43.1 Å². The van der Waals surface area contributed by atoms with Crippen molar-refractivity contribution in [1.29, 1.82) is 0 Å². The van der Waals surface area contributed by atoms with Gasteiger partial charge in [-0.25, -0.2) is 0 Å². The molecule has 1 N–H and O–H groups in total. The highest BCUT2D eigenvalue weighted by Gasteiger charge is 2.29. The van der Waals surface area contributed by atoms with Crippen molar-refractivity contribution in [3.8, 4) is 0 Å². The van der Waals surface area contributed by atoms with E-state index in [1.165, 1.54) is 0 Å². The van der Waals surface area contributed by atoms with E-state index in [2.05, 4.69) is 27.2 Å². The van der Waals surface area contributed by atoms with Crippen LogP contribution in [0.25, 0.3) is 0 Å². The molecule has 3 heterocycles. The summed E-state index contributed by atoms with van der Waals surface area (Å²) < 4.78 is 8.03. The molecule has 2 amide bonds. The third-order valence-electron chi connectivity index (χ3n) is 7.83. The normalized spacial score (nSPS) is 22.5. The summed E-state index contributed by atoms with van der Waals surface area (Å²) in [6.07, 6.45) is 2.49. The lowest BCUT2D eigenvalue weighted by Gasteiger charge is -2.35. The summed E-state index contributed by atoms with van der Waals surface area (Å²) in [4.78, 5) is 34.5. The van der Waals surface area contributed by atoms with E-state index in [1.54, 1.807) is 21.5 Å². The highest BCUT2D eigenvalue weighted by Crippen LogP contribution is 2.20. The van der Waals surface area contributed by atoms with Crippen molar-refractivity contribution in [3.05, 3.63) is 41.7 Å². The van der Waals surface area contributed by atoms with Crippen molar-refractivity contribution in [2.45, 2.75) is 52.0 Å². The van der Waals surface area contributed by atoms with Gasteiger partial charge in [0.05, 0.1) is 31.6 Å². The van der Waals surface area contributed by atoms with Crippen LogP contribution in [0.2, 0.25) is 0 Å². The lowest BCUT2D eigenvalue weighted by molar-refractivity contribution is -0.136. The third-order valence-corrected chi connectivity index (χ3v) is 7.83. The number of nitrogens with zero attached hydrogens (tertiary/aromatic N) is 7. The van der Waals surface area contributed by atoms with Gasteiger partial charge in [0.15, 0.2) is 0 Å². The minimum absolute atomic E-state index is 0.00777. The fraction of sp³-hybridized carbons (Fsp3) is 0.643. The van der Waals surface area contributed by atoms with Gasteiger partial charge in [0.2, 0.25) is 5.91 Å². The maximum absolute atomic E-state index is 13.4. The predicted molar refractivity (Wildman–Crippen MR) is 148 cm³/mol. The first kappa shape index (κ1) is 29.0. The number of carbonyl (C=O) groups excluding carboxylic acids is 2. The summed E-state index contributed by atoms with van der Waals surface area (Å²) in [7, 11) is 3.92. The van der Waals surface area contributed by atoms with Gasteiger partial charge in [-0.1, -0.05) is 12.1 Å². The molecule has 2 aliphatic heterocycles. The Bertz CT molecular complexity index is 1080. The molecule has 1 aromatic carbocycles. The summed E-state index contributed by atoms with van der Waals surface area (Å²) in [6.45, 7) is 9.40. The topological polar surface area (TPSA) is 107 Å². The molecule has 2 aliphatic rings. The van der Waals surface area contributed by atoms with Crippen LogP contribution in [0, 0.1) is 5.92 Å². The lowest BCUT2D eigenvalue weighted by Crippen LogP contribution is -2.47. The van der Waals surface area contributed by atoms with Gasteiger partial charge in [-0.2, -0.15) is 0 Å². The average Bonchev–Trinajstić information content (AvgIpc) is 3.40. The molecule has 2 bridgehead atoms. The Morgan fingerprint density at radius 2 is 1.90 bits per heavy atom. The maximum atomic E-state index is 13.4. The highest BCUT2D eigenvalue weighted by atomic mass is 16.5. The number of amides is 2. The fourth-order valence-corrected chi connectivity index (χ4v) is 5.15. The number of fused-ring (bicyclic) bond motifs is 2. The summed E-state index contributed by atoms with van der Waals surface area (Å²) >= 11 is 0. The van der Waals surface area contributed by atoms with Crippen molar-refractivity contribution in [3.63, 3.8) is 0 Å². The van der Waals surface area contributed by atoms with Crippen LogP contribution in [0.15, 0.2) is 30.5 Å². The van der Waals surface area contributed by atoms with E-state index >= 15 is 0 Å². The molecule has 0 aliphatic carbocycles. The molecule has 1 aromatic heterocycles. The van der Waals surface area contributed by atoms with Crippen LogP contribution in [-0.4, -0.2) is 119 Å². The molecule has 214 valence electrons. The molecule has 0 saturated carbocycles. The van der Waals surface area contributed by atoms with Crippen LogP contribution >= 0.6 is 0 Å². The van der Waals surface area contributed by atoms with Gasteiger partial charge < -0.3 is 29.4 Å². The zero-order chi connectivity index (χ0) is 27.9. The van der Waals surface area contributed by atoms with Crippen LogP contribution < -0.4 is 4.90 Å². The number of likely N-dealkylation sites (N-methyl/N-ethyl adjacent to an activating group) is 2. The Balaban J connectivity index is 1.46. The standard InChI is InChI=1S/C28H43N7O4/c1-21-16-35(22(2)19-36)27(37)6-5-11-34-17-24(29-30-34)20-39-26(21)18-32(4)28(38)23-7-9-25(10-8-23)33-14-12-31(3)13-15-33/h7-10,17,21-22,26,36H,5-6,11-16,18-20H2,1-4H3/t21-,22+,26+/m1/s1. The second-order valence-electron chi connectivity index (χ2n) is 11.0. The van der Waals surface area contributed by atoms with Crippen molar-refractivity contribution in [2.75, 3.05) is 64.9 Å². The van der Waals surface area contributed by atoms with Crippen LogP contribution in [0.3, 0.4) is 0 Å². The monoisotopic (exact) mass is 541 g/mol. The first-order chi connectivity index (χ1) is 18.7. The molecular formula is C28H43N7O4. The number of aryl methyl sites for hydroxylation is 1. The molecule has 1 saturated heterocycles. The Hall–Kier alpha value is -3.02. The molecular weight excluding hydrogens is 498 g/mol. The zero-order valence-corrected chi connectivity index (χ0v) is 23.7. The number of rotatable bonds is 6. The minimum Gasteiger partial charge on any atom is -0.394 e. The van der Waals surface area contributed by atoms with Crippen molar-refractivity contribution < 1.29 is 19.4 Å². The molecule has 0 unspecified atom stereocenters. The number of ether oxygens (including phenoxy) is 1. The molecule has 11 nitrogen and oxygen atoms in total. The third kappa shape index (κ3) is 7.55. The SMILES string of the molecule is C[C@@H]1CN([C@@H](C)CO)C(=O)CCCn2cc(nn2)CO[C@H]1CN(C)C(=O)c1ccc(N2CCN(C)CC2)cc1. The highest BCUT2D eigenvalue weighted by molar-refractivity contribution is 5.94. The Morgan fingerprint density at radius 1 is 1.18 bits per heavy atom. The van der Waals surface area contributed by atoms with Crippen LogP contribution in [0.5, 0.6) is 0 Å². The molecule has 4 rings (SSSR count). The van der Waals surface area contributed by atoms with E-state index in [4.69, 9.17) is 4.74 Å². The number of anilines is 1. The van der Waals surface area contributed by atoms with E-state index in [0.717, 1.165) is 31.9 Å². The van der Waals surface area contributed by atoms with Gasteiger partial charge in [-0.15, -0.1) is 5.10 Å². The molecule has 39 heavy (non-hydrogen) atoms. The average molecular weight is 542 g/mol. The first-order valence-electron chi connectivity index (χ1n) is 13.9. The quantitative estimate of drug-likeness (QED) is 0.584. The molecule has 0 radical (unpaired) electrons. The van der Waals surface area contributed by atoms with Gasteiger partial charge in [0, 0.05) is 76.5 Å². The van der Waals surface area contributed by atoms with Gasteiger partial charge in [0.1, 0.15) is 5.69 Å². The van der Waals surface area contributed by atoms with E-state index in [0.29, 0.717) is 43.7 Å². The maximum Gasteiger partial charge on any atom is 0.253 e. The number of hydrogen-bond donors (Lipinski definition) is 1. The van der Waals surface area contributed by atoms with Gasteiger partial charge >= 0.3 is 0 Å². The number of piperazine rings is 1. The number of hydrogen-bond acceptors (Lipinski definition) is 8. The fourth-order valence-electron chi connectivity index (χ4n) is 5.15. The van der Waals surface area contributed by atoms with E-state index in [1.807, 2.05) is 44.3 Å². The largest absolute Gasteiger partial charge is 0.394 e. The van der Waals surface area contributed by atoms with E-state index in [9.17, 15) is 14.7 Å². The number of aliphatic hydroxyl groups is 1. The van der Waals surface area contributed by atoms with Crippen molar-refractivity contribution >= 4 is 17.5 Å². The lowest BCUT2D eigenvalue weighted by atomic mass is 10.0. The number of aliphatic hydroxyl groups excluding tert-OH is 1. The first-order valence-corrected chi connectivity index (χ1v) is 13.9. The van der Waals surface area contributed by atoms with Gasteiger partial charge in [-0.3, -0.25) is 14.3 Å². The molecule has 3 atom stereocenters. The van der Waals surface area contributed by atoms with Crippen molar-refractivity contribution in [1.82, 2.24) is 29.7 Å². The summed E-state index contributed by atoms with van der Waals surface area (Å²) in [5, 5.41) is 18.2. The number of benzene rings is 1. The van der Waals surface area contributed by atoms with Crippen LogP contribution in [0.4, 0.5) is 5.69 Å². The Kier molecular flexibility index (Phi) is 9.93. The molecule has 11 heteroatoms. The van der Waals surface area contributed by atoms with Crippen LogP contribution in [0.1, 0.15) is 42.7 Å². The van der Waals surface area contributed by atoms with Gasteiger partial charge in [0.25, 0.3) is 5.91 Å². The molecule has 2 aromatic rings. The zero-order valence-electron chi connectivity index (χ0n) is 23.7. The van der Waals surface area contributed by atoms with Gasteiger partial charge in [-0.05, 0) is 44.7 Å². The smallest absolute Gasteiger partial charge is 0.253 e. The van der Waals surface area contributed by atoms with Crippen molar-refractivity contribution in [2.24, 2.45) is 5.92 Å². The second kappa shape index (κ2) is 13.4. The Labute approximate surface area is 231 Å². The Morgan fingerprint density at radius 3 is 2.59 bits per heavy atom. The minimum atomic E-state index is -0.351. The molecule has 0 spiro atoms. The second-order valence-corrected chi connectivity index (χ2v) is 11.0. The predicted octanol–water partition coefficient (Wildman–Crippen LogP) is 1.33. The number of carbonyl (C=O) groups is 2. The summed E-state index contributed by atoms with van der Waals surface area (Å²) in [5.41, 5.74) is 2.47. The van der Waals surface area contributed by atoms with E-state index < -0.39 is 0 Å².